The highest BCUT2D eigenvalue weighted by atomic mass is 32.1. The Bertz CT molecular complexity index is 635. The summed E-state index contributed by atoms with van der Waals surface area (Å²) in [6.45, 7) is 2.17. The zero-order valence-electron chi connectivity index (χ0n) is 9.81. The van der Waals surface area contributed by atoms with Crippen molar-refractivity contribution in [2.24, 2.45) is 0 Å². The molecule has 0 atom stereocenters. The van der Waals surface area contributed by atoms with Crippen molar-refractivity contribution in [1.29, 1.82) is 0 Å². The van der Waals surface area contributed by atoms with E-state index >= 15 is 0 Å². The SMILES string of the molecule is Cc1cc2ccc(Cc3ccccc3)cc2s1. The van der Waals surface area contributed by atoms with Gasteiger partial charge in [0, 0.05) is 9.58 Å². The lowest BCUT2D eigenvalue weighted by molar-refractivity contribution is 1.20. The van der Waals surface area contributed by atoms with E-state index in [1.807, 2.05) is 11.3 Å². The van der Waals surface area contributed by atoms with Crippen LogP contribution in [0.4, 0.5) is 0 Å². The fourth-order valence-corrected chi connectivity index (χ4v) is 3.14. The van der Waals surface area contributed by atoms with Crippen LogP contribution in [0.3, 0.4) is 0 Å². The van der Waals surface area contributed by atoms with Gasteiger partial charge in [-0.25, -0.2) is 0 Å². The molecule has 0 aliphatic carbocycles. The maximum atomic E-state index is 2.32. The lowest BCUT2D eigenvalue weighted by atomic mass is 10.0. The Balaban J connectivity index is 1.95. The molecule has 0 bridgehead atoms. The van der Waals surface area contributed by atoms with Crippen molar-refractivity contribution in [1.82, 2.24) is 0 Å². The summed E-state index contributed by atoms with van der Waals surface area (Å²) in [6, 6.07) is 19.7. The molecule has 0 radical (unpaired) electrons. The van der Waals surface area contributed by atoms with Gasteiger partial charge in [-0.05, 0) is 42.0 Å². The third-order valence-electron chi connectivity index (χ3n) is 2.96. The average molecular weight is 238 g/mol. The van der Waals surface area contributed by atoms with E-state index in [9.17, 15) is 0 Å². The summed E-state index contributed by atoms with van der Waals surface area (Å²) in [5, 5.41) is 1.37. The van der Waals surface area contributed by atoms with Crippen LogP contribution in [-0.4, -0.2) is 0 Å². The fraction of sp³-hybridized carbons (Fsp3) is 0.125. The van der Waals surface area contributed by atoms with E-state index in [-0.39, 0.29) is 0 Å². The van der Waals surface area contributed by atoms with Gasteiger partial charge in [-0.15, -0.1) is 11.3 Å². The van der Waals surface area contributed by atoms with Crippen LogP contribution in [0.25, 0.3) is 10.1 Å². The zero-order chi connectivity index (χ0) is 11.7. The summed E-state index contributed by atoms with van der Waals surface area (Å²) in [7, 11) is 0. The number of benzene rings is 2. The number of fused-ring (bicyclic) bond motifs is 1. The van der Waals surface area contributed by atoms with E-state index < -0.39 is 0 Å². The van der Waals surface area contributed by atoms with E-state index in [0.717, 1.165) is 6.42 Å². The van der Waals surface area contributed by atoms with Gasteiger partial charge in [0.05, 0.1) is 0 Å². The lowest BCUT2D eigenvalue weighted by Gasteiger charge is -2.01. The number of hydrogen-bond donors (Lipinski definition) is 0. The Labute approximate surface area is 106 Å². The highest BCUT2D eigenvalue weighted by Crippen LogP contribution is 2.26. The standard InChI is InChI=1S/C16H14S/c1-12-9-15-8-7-14(11-16(15)17-12)10-13-5-3-2-4-6-13/h2-9,11H,10H2,1H3. The first kappa shape index (κ1) is 10.5. The molecule has 0 amide bonds. The van der Waals surface area contributed by atoms with Gasteiger partial charge in [-0.1, -0.05) is 42.5 Å². The second kappa shape index (κ2) is 4.34. The lowest BCUT2D eigenvalue weighted by Crippen LogP contribution is -1.86. The average Bonchev–Trinajstić information content (AvgIpc) is 2.70. The number of rotatable bonds is 2. The topological polar surface area (TPSA) is 0 Å². The summed E-state index contributed by atoms with van der Waals surface area (Å²) in [4.78, 5) is 1.39. The molecule has 0 nitrogen and oxygen atoms in total. The Morgan fingerprint density at radius 3 is 2.53 bits per heavy atom. The van der Waals surface area contributed by atoms with Gasteiger partial charge in [0.15, 0.2) is 0 Å². The second-order valence-corrected chi connectivity index (χ2v) is 5.68. The van der Waals surface area contributed by atoms with Gasteiger partial charge >= 0.3 is 0 Å². The van der Waals surface area contributed by atoms with Gasteiger partial charge in [-0.2, -0.15) is 0 Å². The molecule has 1 heteroatoms. The molecule has 2 aromatic carbocycles. The van der Waals surface area contributed by atoms with Gasteiger partial charge in [0.25, 0.3) is 0 Å². The van der Waals surface area contributed by atoms with E-state index in [1.165, 1.54) is 26.1 Å². The summed E-state index contributed by atoms with van der Waals surface area (Å²) in [5.74, 6) is 0. The molecule has 17 heavy (non-hydrogen) atoms. The minimum absolute atomic E-state index is 1.02. The number of thiophene rings is 1. The number of hydrogen-bond acceptors (Lipinski definition) is 1. The molecule has 0 saturated carbocycles. The molecule has 1 aromatic heterocycles. The van der Waals surface area contributed by atoms with Crippen LogP contribution in [0.1, 0.15) is 16.0 Å². The van der Waals surface area contributed by atoms with Crippen molar-refractivity contribution in [3.05, 3.63) is 70.6 Å². The molecule has 0 unspecified atom stereocenters. The van der Waals surface area contributed by atoms with Crippen molar-refractivity contribution in [2.45, 2.75) is 13.3 Å². The summed E-state index contributed by atoms with van der Waals surface area (Å²) in [6.07, 6.45) is 1.02. The van der Waals surface area contributed by atoms with Gasteiger partial charge in [0.2, 0.25) is 0 Å². The molecule has 0 spiro atoms. The third kappa shape index (κ3) is 2.25. The highest BCUT2D eigenvalue weighted by Gasteiger charge is 2.01. The van der Waals surface area contributed by atoms with Crippen molar-refractivity contribution in [3.63, 3.8) is 0 Å². The van der Waals surface area contributed by atoms with Gasteiger partial charge < -0.3 is 0 Å². The quantitative estimate of drug-likeness (QED) is 0.601. The molecule has 0 aliphatic rings. The second-order valence-electron chi connectivity index (χ2n) is 4.39. The van der Waals surface area contributed by atoms with Crippen LogP contribution in [0.5, 0.6) is 0 Å². The highest BCUT2D eigenvalue weighted by molar-refractivity contribution is 7.19. The molecular weight excluding hydrogens is 224 g/mol. The van der Waals surface area contributed by atoms with Crippen LogP contribution in [0.15, 0.2) is 54.6 Å². The normalized spacial score (nSPS) is 10.9. The first-order valence-corrected chi connectivity index (χ1v) is 6.66. The first-order chi connectivity index (χ1) is 8.31. The van der Waals surface area contributed by atoms with Crippen LogP contribution < -0.4 is 0 Å². The summed E-state index contributed by atoms with van der Waals surface area (Å²) < 4.78 is 1.40. The van der Waals surface area contributed by atoms with Gasteiger partial charge in [-0.3, -0.25) is 0 Å². The molecule has 84 valence electrons. The molecule has 0 N–H and O–H groups in total. The smallest absolute Gasteiger partial charge is 0.0348 e. The maximum absolute atomic E-state index is 2.32. The first-order valence-electron chi connectivity index (χ1n) is 5.84. The minimum atomic E-state index is 1.02. The van der Waals surface area contributed by atoms with Crippen molar-refractivity contribution < 1.29 is 0 Å². The molecule has 0 saturated heterocycles. The van der Waals surface area contributed by atoms with Crippen LogP contribution in [0, 0.1) is 6.92 Å². The third-order valence-corrected chi connectivity index (χ3v) is 3.97. The molecule has 1 heterocycles. The van der Waals surface area contributed by atoms with E-state index in [2.05, 4.69) is 61.5 Å². The van der Waals surface area contributed by atoms with Crippen molar-refractivity contribution in [3.8, 4) is 0 Å². The largest absolute Gasteiger partial charge is 0.141 e. The molecule has 3 rings (SSSR count). The predicted octanol–water partition coefficient (Wildman–Crippen LogP) is 4.80. The Hall–Kier alpha value is -1.60. The minimum Gasteiger partial charge on any atom is -0.141 e. The number of aryl methyl sites for hydroxylation is 1. The zero-order valence-corrected chi connectivity index (χ0v) is 10.6. The fourth-order valence-electron chi connectivity index (χ4n) is 2.15. The van der Waals surface area contributed by atoms with Crippen LogP contribution in [-0.2, 0) is 6.42 Å². The van der Waals surface area contributed by atoms with E-state index in [0.29, 0.717) is 0 Å². The monoisotopic (exact) mass is 238 g/mol. The summed E-state index contributed by atoms with van der Waals surface area (Å²) in [5.41, 5.74) is 2.77. The van der Waals surface area contributed by atoms with Crippen molar-refractivity contribution >= 4 is 21.4 Å². The molecular formula is C16H14S. The van der Waals surface area contributed by atoms with Crippen molar-refractivity contribution in [2.75, 3.05) is 0 Å². The van der Waals surface area contributed by atoms with E-state index in [4.69, 9.17) is 0 Å². The Kier molecular flexibility index (Phi) is 2.69. The van der Waals surface area contributed by atoms with Gasteiger partial charge in [0.1, 0.15) is 0 Å². The molecule has 0 aliphatic heterocycles. The Morgan fingerprint density at radius 1 is 0.882 bits per heavy atom. The predicted molar refractivity (Wildman–Crippen MR) is 75.8 cm³/mol. The summed E-state index contributed by atoms with van der Waals surface area (Å²) >= 11 is 1.88. The molecule has 3 aromatic rings. The van der Waals surface area contributed by atoms with Crippen LogP contribution >= 0.6 is 11.3 Å². The van der Waals surface area contributed by atoms with E-state index in [1.54, 1.807) is 0 Å². The van der Waals surface area contributed by atoms with Crippen LogP contribution in [0.2, 0.25) is 0 Å². The maximum Gasteiger partial charge on any atom is 0.0348 e. The Morgan fingerprint density at radius 2 is 1.71 bits per heavy atom. The molecule has 0 fully saturated rings.